The molecule has 5 heterocycles. The van der Waals surface area contributed by atoms with Crippen molar-refractivity contribution in [3.05, 3.63) is 39.7 Å². The summed E-state index contributed by atoms with van der Waals surface area (Å²) in [6, 6.07) is 2.83. The maximum atomic E-state index is 12.3. The molecule has 4 aliphatic heterocycles. The number of nitrogens with zero attached hydrogens (tertiary/aromatic N) is 4. The summed E-state index contributed by atoms with van der Waals surface area (Å²) in [5.74, 6) is 0. The van der Waals surface area contributed by atoms with E-state index in [0.29, 0.717) is 32.5 Å². The molecule has 0 aliphatic carbocycles. The van der Waals surface area contributed by atoms with Gasteiger partial charge in [0, 0.05) is 50.0 Å². The molecule has 0 spiro atoms. The summed E-state index contributed by atoms with van der Waals surface area (Å²) in [5, 5.41) is 22.0. The number of aliphatic hydroxyl groups excluding tert-OH is 1. The number of aliphatic hydroxyl groups is 1. The minimum Gasteiger partial charge on any atom is -0.543 e. The van der Waals surface area contributed by atoms with Gasteiger partial charge >= 0.3 is 5.69 Å². The zero-order valence-corrected chi connectivity index (χ0v) is 28.4. The summed E-state index contributed by atoms with van der Waals surface area (Å²) in [6.45, 7) is 8.94. The second-order valence-electron chi connectivity index (χ2n) is 9.77. The molecule has 1 aromatic heterocycles. The second-order valence-corrected chi connectivity index (χ2v) is 11.1. The average molecular weight is 809 g/mol. The van der Waals surface area contributed by atoms with Gasteiger partial charge in [0.05, 0.1) is 58.1 Å². The number of aromatic nitrogens is 2. The van der Waals surface area contributed by atoms with Crippen LogP contribution in [0.5, 0.6) is 0 Å². The zero-order valence-electron chi connectivity index (χ0n) is 23.3. The molecule has 0 saturated carbocycles. The smallest absolute Gasteiger partial charge is 0.330 e. The number of hydroxylamine groups is 4. The van der Waals surface area contributed by atoms with E-state index in [1.54, 1.807) is 31.0 Å². The van der Waals surface area contributed by atoms with Crippen molar-refractivity contribution in [2.24, 2.45) is 0 Å². The summed E-state index contributed by atoms with van der Waals surface area (Å²) in [4.78, 5) is 36.5. The molecule has 40 heavy (non-hydrogen) atoms. The van der Waals surface area contributed by atoms with Crippen molar-refractivity contribution >= 4 is 8.38 Å². The van der Waals surface area contributed by atoms with Crippen LogP contribution in [0.25, 0.3) is 0 Å². The van der Waals surface area contributed by atoms with E-state index in [-0.39, 0.29) is 49.3 Å². The van der Waals surface area contributed by atoms with Gasteiger partial charge < -0.3 is 33.3 Å². The fraction of sp³-hybridized carbons (Fsp3) is 0.750. The molecule has 0 amide bonds. The van der Waals surface area contributed by atoms with Gasteiger partial charge in [0.25, 0.3) is 5.56 Å². The third-order valence-electron chi connectivity index (χ3n) is 7.83. The van der Waals surface area contributed by atoms with E-state index in [1.807, 2.05) is 26.6 Å². The van der Waals surface area contributed by atoms with Crippen LogP contribution in [0.15, 0.2) is 21.9 Å². The number of rotatable bonds is 10. The monoisotopic (exact) mass is 808 g/mol. The summed E-state index contributed by atoms with van der Waals surface area (Å²) < 4.78 is 24.8. The van der Waals surface area contributed by atoms with Crippen molar-refractivity contribution in [1.82, 2.24) is 19.7 Å². The van der Waals surface area contributed by atoms with Crippen LogP contribution in [0.3, 0.4) is 0 Å². The number of H-pyrrole nitrogens is 1. The maximum absolute atomic E-state index is 12.3. The van der Waals surface area contributed by atoms with Crippen molar-refractivity contribution in [1.29, 1.82) is 5.26 Å². The summed E-state index contributed by atoms with van der Waals surface area (Å²) in [5.41, 5.74) is -2.11. The number of ether oxygens (including phenoxy) is 2. The topological polar surface area (TPSA) is 161 Å². The van der Waals surface area contributed by atoms with E-state index in [9.17, 15) is 14.7 Å². The fourth-order valence-electron chi connectivity index (χ4n) is 5.60. The van der Waals surface area contributed by atoms with Gasteiger partial charge in [-0.05, 0) is 18.9 Å². The quantitative estimate of drug-likeness (QED) is 0.194. The van der Waals surface area contributed by atoms with Gasteiger partial charge in [0.15, 0.2) is 14.6 Å². The SMILES string of the molecule is CC[C@@]12CN(OC)[C@@H]([C@H](n3ccc(=O)[nH]c3=O)O1)[C@@H]2OP(C)OCCC#N.CC[C@@]12CN(OC)[C@@H]([CH-]O1)[C@@H]2O.[U]. The number of nitriles is 1. The number of hydrogen-bond donors (Lipinski definition) is 2. The third-order valence-corrected chi connectivity index (χ3v) is 8.90. The zero-order chi connectivity index (χ0) is 28.4. The van der Waals surface area contributed by atoms with Crippen molar-refractivity contribution in [3.8, 4) is 6.07 Å². The standard InChI is InChI=1S/C16H23N4O6P.C8H14NO3.U/c1-4-16-10-20(23-2)12(13(16)26-27(3)24-9-5-7-17)14(25-16)19-8-6-11(21)18-15(19)22;1-3-8-5-9(11-2)6(4-12-8)7(8)10;/h6,8,12-14H,4-5,9-10H2,1-3H3,(H,18,21,22);4,6-7,10H,3,5H2,1-2H3;/q;-1;/t12-,13+,14-,16+,27?;6-,7-,8-;/m10./s1. The van der Waals surface area contributed by atoms with Crippen LogP contribution < -0.4 is 11.2 Å². The van der Waals surface area contributed by atoms with E-state index in [4.69, 9.17) is 33.5 Å². The first-order valence-electron chi connectivity index (χ1n) is 12.9. The fourth-order valence-corrected chi connectivity index (χ4v) is 6.65. The molecule has 0 radical (unpaired) electrons. The van der Waals surface area contributed by atoms with Crippen molar-refractivity contribution in [2.75, 3.05) is 40.6 Å². The van der Waals surface area contributed by atoms with E-state index < -0.39 is 43.2 Å². The molecular formula is C24H37N5O9PU-. The molecule has 5 rings (SSSR count). The molecule has 1 aromatic rings. The van der Waals surface area contributed by atoms with Crippen LogP contribution in [0.4, 0.5) is 0 Å². The Labute approximate surface area is 258 Å². The number of nitrogens with one attached hydrogen (secondary N) is 1. The predicted molar refractivity (Wildman–Crippen MR) is 138 cm³/mol. The van der Waals surface area contributed by atoms with Crippen molar-refractivity contribution in [3.63, 3.8) is 0 Å². The first-order chi connectivity index (χ1) is 18.7. The largest absolute Gasteiger partial charge is 0.543 e. The number of morpholine rings is 2. The van der Waals surface area contributed by atoms with Crippen molar-refractivity contribution in [2.45, 2.75) is 74.8 Å². The van der Waals surface area contributed by atoms with Crippen LogP contribution in [0.2, 0.25) is 0 Å². The summed E-state index contributed by atoms with van der Waals surface area (Å²) in [6.07, 6.45) is 1.66. The Hall–Kier alpha value is -0.708. The summed E-state index contributed by atoms with van der Waals surface area (Å²) >= 11 is 0. The molecule has 16 heteroatoms. The second kappa shape index (κ2) is 14.2. The van der Waals surface area contributed by atoms with Crippen LogP contribution >= 0.6 is 8.38 Å². The minimum absolute atomic E-state index is 0. The molecule has 0 aromatic carbocycles. The Morgan fingerprint density at radius 3 is 2.45 bits per heavy atom. The first kappa shape index (κ1) is 33.8. The normalized spacial score (nSPS) is 35.2. The number of hydrogen-bond acceptors (Lipinski definition) is 12. The predicted octanol–water partition coefficient (Wildman–Crippen LogP) is 0.651. The van der Waals surface area contributed by atoms with E-state index in [0.717, 1.165) is 6.42 Å². The van der Waals surface area contributed by atoms with Gasteiger partial charge in [-0.2, -0.15) is 16.9 Å². The molecule has 8 atom stereocenters. The van der Waals surface area contributed by atoms with E-state index in [2.05, 4.69) is 4.98 Å². The molecular weight excluding hydrogens is 771 g/mol. The van der Waals surface area contributed by atoms with Gasteiger partial charge in [0.2, 0.25) is 0 Å². The Morgan fingerprint density at radius 2 is 1.90 bits per heavy atom. The van der Waals surface area contributed by atoms with Gasteiger partial charge in [-0.25, -0.2) is 9.86 Å². The molecule has 4 bridgehead atoms. The van der Waals surface area contributed by atoms with Gasteiger partial charge in [-0.15, -0.1) is 0 Å². The molecule has 2 N–H and O–H groups in total. The third kappa shape index (κ3) is 6.30. The Morgan fingerprint density at radius 1 is 1.23 bits per heavy atom. The number of aromatic amines is 1. The van der Waals surface area contributed by atoms with Crippen LogP contribution in [-0.4, -0.2) is 101 Å². The molecule has 14 nitrogen and oxygen atoms in total. The Kier molecular flexibility index (Phi) is 12.0. The number of fused-ring (bicyclic) bond motifs is 4. The summed E-state index contributed by atoms with van der Waals surface area (Å²) in [7, 11) is 1.94. The average Bonchev–Trinajstić information content (AvgIpc) is 3.61. The van der Waals surface area contributed by atoms with E-state index >= 15 is 0 Å². The van der Waals surface area contributed by atoms with Crippen LogP contribution in [-0.2, 0) is 28.2 Å². The molecule has 4 aliphatic rings. The van der Waals surface area contributed by atoms with Crippen LogP contribution in [0.1, 0.15) is 39.3 Å². The molecule has 222 valence electrons. The Balaban J connectivity index is 0.000000283. The van der Waals surface area contributed by atoms with Crippen LogP contribution in [0, 0.1) is 49.1 Å². The van der Waals surface area contributed by atoms with Gasteiger partial charge in [-0.1, -0.05) is 13.8 Å². The molecule has 4 saturated heterocycles. The molecule has 1 unspecified atom stereocenters. The van der Waals surface area contributed by atoms with Gasteiger partial charge in [0.1, 0.15) is 17.7 Å². The Bertz CT molecular complexity index is 1150. The maximum Gasteiger partial charge on any atom is 0.330 e. The minimum atomic E-state index is -1.24. The van der Waals surface area contributed by atoms with E-state index in [1.165, 1.54) is 16.8 Å². The van der Waals surface area contributed by atoms with Crippen molar-refractivity contribution < 1.29 is 64.4 Å². The first-order valence-corrected chi connectivity index (χ1v) is 14.5. The molecule has 4 fully saturated rings. The van der Waals surface area contributed by atoms with Gasteiger partial charge in [-0.3, -0.25) is 14.3 Å².